The molecule has 1 fully saturated rings. The largest absolute Gasteiger partial charge is 0.486 e. The SMILES string of the molecule is O=C(Cn1c(C(F)(F)F)nc2ccccc21)N1CCC[C@H]1c1ccc2c(c1)OCCO2. The van der Waals surface area contributed by atoms with E-state index in [-0.39, 0.29) is 17.5 Å². The molecule has 0 bridgehead atoms. The van der Waals surface area contributed by atoms with Crippen molar-refractivity contribution in [3.63, 3.8) is 0 Å². The molecule has 31 heavy (non-hydrogen) atoms. The molecule has 2 aliphatic heterocycles. The van der Waals surface area contributed by atoms with Gasteiger partial charge in [0.05, 0.1) is 17.1 Å². The minimum Gasteiger partial charge on any atom is -0.486 e. The molecule has 0 N–H and O–H groups in total. The summed E-state index contributed by atoms with van der Waals surface area (Å²) < 4.78 is 52.9. The number of likely N-dealkylation sites (tertiary alicyclic amines) is 1. The Morgan fingerprint density at radius 3 is 2.68 bits per heavy atom. The minimum atomic E-state index is -4.65. The summed E-state index contributed by atoms with van der Waals surface area (Å²) in [6.07, 6.45) is -3.14. The third-order valence-electron chi connectivity index (χ3n) is 5.73. The van der Waals surface area contributed by atoms with E-state index in [1.807, 2.05) is 18.2 Å². The molecule has 0 spiro atoms. The highest BCUT2D eigenvalue weighted by atomic mass is 19.4. The number of benzene rings is 2. The summed E-state index contributed by atoms with van der Waals surface area (Å²) >= 11 is 0. The van der Waals surface area contributed by atoms with Gasteiger partial charge in [0.1, 0.15) is 19.8 Å². The Morgan fingerprint density at radius 2 is 1.87 bits per heavy atom. The maximum Gasteiger partial charge on any atom is 0.449 e. The van der Waals surface area contributed by atoms with Crippen molar-refractivity contribution >= 4 is 16.9 Å². The number of carbonyl (C=O) groups is 1. The van der Waals surface area contributed by atoms with E-state index in [4.69, 9.17) is 9.47 Å². The summed E-state index contributed by atoms with van der Waals surface area (Å²) in [7, 11) is 0. The Balaban J connectivity index is 1.44. The van der Waals surface area contributed by atoms with Gasteiger partial charge in [0.25, 0.3) is 0 Å². The van der Waals surface area contributed by atoms with Gasteiger partial charge in [-0.25, -0.2) is 4.98 Å². The van der Waals surface area contributed by atoms with Gasteiger partial charge in [-0.05, 0) is 42.7 Å². The van der Waals surface area contributed by atoms with E-state index >= 15 is 0 Å². The van der Waals surface area contributed by atoms with Crippen LogP contribution in [0.2, 0.25) is 0 Å². The van der Waals surface area contributed by atoms with Crippen LogP contribution in [0.15, 0.2) is 42.5 Å². The molecule has 0 radical (unpaired) electrons. The van der Waals surface area contributed by atoms with Crippen molar-refractivity contribution in [1.82, 2.24) is 14.5 Å². The number of halogens is 3. The number of imidazole rings is 1. The van der Waals surface area contributed by atoms with Crippen molar-refractivity contribution in [2.24, 2.45) is 0 Å². The van der Waals surface area contributed by atoms with E-state index in [0.29, 0.717) is 36.8 Å². The van der Waals surface area contributed by atoms with Gasteiger partial charge >= 0.3 is 6.18 Å². The molecule has 9 heteroatoms. The molecular weight excluding hydrogens is 411 g/mol. The predicted octanol–water partition coefficient (Wildman–Crippen LogP) is 4.19. The molecule has 162 valence electrons. The van der Waals surface area contributed by atoms with Crippen LogP contribution in [0, 0.1) is 0 Å². The molecule has 6 nitrogen and oxygen atoms in total. The molecule has 0 saturated carbocycles. The van der Waals surface area contributed by atoms with Crippen molar-refractivity contribution in [2.45, 2.75) is 31.6 Å². The Kier molecular flexibility index (Phi) is 4.75. The van der Waals surface area contributed by atoms with E-state index in [0.717, 1.165) is 23.0 Å². The van der Waals surface area contributed by atoms with Crippen LogP contribution in [-0.2, 0) is 17.5 Å². The first-order chi connectivity index (χ1) is 14.9. The normalized spacial score (nSPS) is 18.5. The first kappa shape index (κ1) is 19.7. The third-order valence-corrected chi connectivity index (χ3v) is 5.73. The second kappa shape index (κ2) is 7.47. The first-order valence-electron chi connectivity index (χ1n) is 10.1. The van der Waals surface area contributed by atoms with Crippen LogP contribution in [0.1, 0.15) is 30.3 Å². The summed E-state index contributed by atoms with van der Waals surface area (Å²) in [5.41, 5.74) is 1.40. The predicted molar refractivity (Wildman–Crippen MR) is 106 cm³/mol. The molecule has 2 aliphatic rings. The van der Waals surface area contributed by atoms with Gasteiger partial charge in [0, 0.05) is 6.54 Å². The van der Waals surface area contributed by atoms with Crippen molar-refractivity contribution < 1.29 is 27.4 Å². The second-order valence-corrected chi connectivity index (χ2v) is 7.66. The second-order valence-electron chi connectivity index (χ2n) is 7.66. The van der Waals surface area contributed by atoms with E-state index in [9.17, 15) is 18.0 Å². The average Bonchev–Trinajstić information content (AvgIpc) is 3.39. The number of nitrogens with zero attached hydrogens (tertiary/aromatic N) is 3. The fraction of sp³-hybridized carbons (Fsp3) is 0.364. The zero-order valence-electron chi connectivity index (χ0n) is 16.6. The fourth-order valence-electron chi connectivity index (χ4n) is 4.36. The highest BCUT2D eigenvalue weighted by Gasteiger charge is 2.39. The van der Waals surface area contributed by atoms with Crippen molar-refractivity contribution in [3.8, 4) is 11.5 Å². The zero-order chi connectivity index (χ0) is 21.6. The van der Waals surface area contributed by atoms with Crippen LogP contribution >= 0.6 is 0 Å². The number of hydrogen-bond donors (Lipinski definition) is 0. The van der Waals surface area contributed by atoms with Crippen LogP contribution in [0.25, 0.3) is 11.0 Å². The number of ether oxygens (including phenoxy) is 2. The Morgan fingerprint density at radius 1 is 1.10 bits per heavy atom. The maximum absolute atomic E-state index is 13.6. The van der Waals surface area contributed by atoms with Crippen LogP contribution in [-0.4, -0.2) is 40.1 Å². The van der Waals surface area contributed by atoms with Gasteiger partial charge in [-0.2, -0.15) is 13.2 Å². The van der Waals surface area contributed by atoms with E-state index in [1.54, 1.807) is 23.1 Å². The van der Waals surface area contributed by atoms with Gasteiger partial charge in [-0.1, -0.05) is 18.2 Å². The van der Waals surface area contributed by atoms with E-state index in [1.165, 1.54) is 6.07 Å². The number of carbonyl (C=O) groups excluding carboxylic acids is 1. The number of amides is 1. The van der Waals surface area contributed by atoms with Crippen LogP contribution < -0.4 is 9.47 Å². The van der Waals surface area contributed by atoms with Crippen molar-refractivity contribution in [3.05, 3.63) is 53.9 Å². The molecule has 1 saturated heterocycles. The molecule has 3 aromatic rings. The third kappa shape index (κ3) is 3.58. The van der Waals surface area contributed by atoms with Gasteiger partial charge in [0.2, 0.25) is 11.7 Å². The van der Waals surface area contributed by atoms with Gasteiger partial charge in [0.15, 0.2) is 11.5 Å². The molecule has 1 amide bonds. The topological polar surface area (TPSA) is 56.6 Å². The Bertz CT molecular complexity index is 1140. The standard InChI is InChI=1S/C22H20F3N3O3/c23-22(24,25)21-26-15-4-1-2-5-17(15)28(21)13-20(29)27-9-3-6-16(27)14-7-8-18-19(12-14)31-11-10-30-18/h1-2,4-5,7-8,12,16H,3,6,9-11,13H2/t16-/m0/s1. The van der Waals surface area contributed by atoms with E-state index in [2.05, 4.69) is 4.98 Å². The first-order valence-corrected chi connectivity index (χ1v) is 10.1. The Hall–Kier alpha value is -3.23. The molecule has 1 atom stereocenters. The monoisotopic (exact) mass is 431 g/mol. The maximum atomic E-state index is 13.6. The average molecular weight is 431 g/mol. The summed E-state index contributed by atoms with van der Waals surface area (Å²) in [5, 5.41) is 0. The van der Waals surface area contributed by atoms with Crippen LogP contribution in [0.3, 0.4) is 0 Å². The van der Waals surface area contributed by atoms with Gasteiger partial charge < -0.3 is 18.9 Å². The lowest BCUT2D eigenvalue weighted by Gasteiger charge is -2.27. The summed E-state index contributed by atoms with van der Waals surface area (Å²) in [5.74, 6) is -0.142. The highest BCUT2D eigenvalue weighted by molar-refractivity contribution is 5.81. The minimum absolute atomic E-state index is 0.215. The molecule has 0 unspecified atom stereocenters. The molecule has 2 aromatic carbocycles. The van der Waals surface area contributed by atoms with Gasteiger partial charge in [-0.3, -0.25) is 4.79 Å². The number of aromatic nitrogens is 2. The number of fused-ring (bicyclic) bond motifs is 2. The lowest BCUT2D eigenvalue weighted by atomic mass is 10.0. The summed E-state index contributed by atoms with van der Waals surface area (Å²) in [4.78, 5) is 18.5. The van der Waals surface area contributed by atoms with Crippen molar-refractivity contribution in [1.29, 1.82) is 0 Å². The molecule has 5 rings (SSSR count). The Labute approximate surface area is 176 Å². The van der Waals surface area contributed by atoms with Crippen LogP contribution in [0.4, 0.5) is 13.2 Å². The quantitative estimate of drug-likeness (QED) is 0.624. The number of para-hydroxylation sites is 2. The number of hydrogen-bond acceptors (Lipinski definition) is 4. The highest BCUT2D eigenvalue weighted by Crippen LogP contribution is 2.38. The van der Waals surface area contributed by atoms with Gasteiger partial charge in [-0.15, -0.1) is 0 Å². The number of rotatable bonds is 3. The van der Waals surface area contributed by atoms with Crippen molar-refractivity contribution in [2.75, 3.05) is 19.8 Å². The molecule has 0 aliphatic carbocycles. The molecule has 3 heterocycles. The summed E-state index contributed by atoms with van der Waals surface area (Å²) in [6, 6.07) is 11.7. The smallest absolute Gasteiger partial charge is 0.449 e. The zero-order valence-corrected chi connectivity index (χ0v) is 16.6. The fourth-order valence-corrected chi connectivity index (χ4v) is 4.36. The van der Waals surface area contributed by atoms with Crippen LogP contribution in [0.5, 0.6) is 11.5 Å². The lowest BCUT2D eigenvalue weighted by Crippen LogP contribution is -2.34. The summed E-state index contributed by atoms with van der Waals surface area (Å²) in [6.45, 7) is 1.01. The molecule has 1 aromatic heterocycles. The number of alkyl halides is 3. The lowest BCUT2D eigenvalue weighted by molar-refractivity contribution is -0.148. The molecular formula is C22H20F3N3O3. The van der Waals surface area contributed by atoms with E-state index < -0.39 is 18.5 Å².